The minimum atomic E-state index is -0.366. The fourth-order valence-electron chi connectivity index (χ4n) is 2.21. The second kappa shape index (κ2) is 8.04. The molecule has 0 saturated carbocycles. The first-order valence-electron chi connectivity index (χ1n) is 7.30. The van der Waals surface area contributed by atoms with E-state index in [-0.39, 0.29) is 6.10 Å². The van der Waals surface area contributed by atoms with Crippen LogP contribution in [0, 0.1) is 5.92 Å². The number of nitrogens with one attached hydrogen (secondary N) is 1. The zero-order valence-corrected chi connectivity index (χ0v) is 12.5. The smallest absolute Gasteiger partial charge is 0.243 e. The summed E-state index contributed by atoms with van der Waals surface area (Å²) < 4.78 is 0. The molecule has 1 aromatic heterocycles. The van der Waals surface area contributed by atoms with E-state index in [2.05, 4.69) is 48.2 Å². The Morgan fingerprint density at radius 2 is 1.63 bits per heavy atom. The number of hydrogen-bond acceptors (Lipinski definition) is 5. The van der Waals surface area contributed by atoms with Crippen molar-refractivity contribution < 1.29 is 5.11 Å². The van der Waals surface area contributed by atoms with Crippen LogP contribution in [0.1, 0.15) is 51.9 Å². The molecule has 1 heterocycles. The van der Waals surface area contributed by atoms with E-state index < -0.39 is 0 Å². The van der Waals surface area contributed by atoms with Crippen LogP contribution >= 0.6 is 0 Å². The third kappa shape index (κ3) is 4.42. The van der Waals surface area contributed by atoms with E-state index in [0.717, 1.165) is 37.1 Å². The van der Waals surface area contributed by atoms with Gasteiger partial charge in [-0.3, -0.25) is 0 Å². The van der Waals surface area contributed by atoms with Crippen molar-refractivity contribution in [3.05, 3.63) is 11.4 Å². The highest BCUT2D eigenvalue weighted by Crippen LogP contribution is 2.13. The van der Waals surface area contributed by atoms with Gasteiger partial charge in [0.25, 0.3) is 0 Å². The summed E-state index contributed by atoms with van der Waals surface area (Å²) in [5, 5.41) is 21.4. The zero-order chi connectivity index (χ0) is 14.3. The summed E-state index contributed by atoms with van der Waals surface area (Å²) in [6.07, 6.45) is 3.29. The van der Waals surface area contributed by atoms with E-state index in [1.54, 1.807) is 0 Å². The van der Waals surface area contributed by atoms with Crippen LogP contribution in [0.3, 0.4) is 0 Å². The number of aliphatic hydroxyl groups is 1. The van der Waals surface area contributed by atoms with E-state index in [0.29, 0.717) is 18.4 Å². The minimum Gasteiger partial charge on any atom is -0.391 e. The molecular weight excluding hydrogens is 240 g/mol. The van der Waals surface area contributed by atoms with Crippen molar-refractivity contribution in [3.8, 4) is 0 Å². The Morgan fingerprint density at radius 3 is 2.16 bits per heavy atom. The van der Waals surface area contributed by atoms with Crippen molar-refractivity contribution in [1.82, 2.24) is 15.2 Å². The molecule has 1 unspecified atom stereocenters. The summed E-state index contributed by atoms with van der Waals surface area (Å²) in [5.74, 6) is 0.833. The average Bonchev–Trinajstić information content (AvgIpc) is 2.45. The summed E-state index contributed by atoms with van der Waals surface area (Å²) in [6.45, 7) is 8.78. The molecule has 1 aromatic rings. The van der Waals surface area contributed by atoms with Crippen LogP contribution in [0.4, 0.5) is 5.95 Å². The molecule has 0 aliphatic rings. The van der Waals surface area contributed by atoms with Crippen LogP contribution in [-0.4, -0.2) is 32.9 Å². The molecule has 1 atom stereocenters. The van der Waals surface area contributed by atoms with Crippen LogP contribution in [0.2, 0.25) is 0 Å². The van der Waals surface area contributed by atoms with Crippen LogP contribution < -0.4 is 5.32 Å². The summed E-state index contributed by atoms with van der Waals surface area (Å²) >= 11 is 0. The zero-order valence-electron chi connectivity index (χ0n) is 12.5. The maximum absolute atomic E-state index is 10.1. The average molecular weight is 266 g/mol. The Kier molecular flexibility index (Phi) is 6.70. The van der Waals surface area contributed by atoms with Gasteiger partial charge in [-0.15, -0.1) is 5.10 Å². The minimum absolute atomic E-state index is 0.320. The largest absolute Gasteiger partial charge is 0.391 e. The number of aromatic nitrogens is 3. The molecule has 0 aliphatic heterocycles. The fraction of sp³-hybridized carbons (Fsp3) is 0.786. The van der Waals surface area contributed by atoms with Crippen molar-refractivity contribution in [1.29, 1.82) is 0 Å². The molecule has 5 heteroatoms. The maximum Gasteiger partial charge on any atom is 0.243 e. The predicted octanol–water partition coefficient (Wildman–Crippen LogP) is 2.21. The number of aryl methyl sites for hydroxylation is 2. The van der Waals surface area contributed by atoms with Gasteiger partial charge in [-0.05, 0) is 18.8 Å². The van der Waals surface area contributed by atoms with E-state index in [4.69, 9.17) is 0 Å². The Labute approximate surface area is 115 Å². The van der Waals surface area contributed by atoms with Crippen LogP contribution in [0.25, 0.3) is 0 Å². The molecule has 0 bridgehead atoms. The molecule has 1 rings (SSSR count). The molecule has 2 N–H and O–H groups in total. The third-order valence-corrected chi connectivity index (χ3v) is 3.57. The topological polar surface area (TPSA) is 70.9 Å². The van der Waals surface area contributed by atoms with Crippen LogP contribution in [-0.2, 0) is 12.8 Å². The van der Waals surface area contributed by atoms with Gasteiger partial charge in [0.05, 0.1) is 17.5 Å². The van der Waals surface area contributed by atoms with E-state index >= 15 is 0 Å². The number of anilines is 1. The molecule has 0 aliphatic carbocycles. The van der Waals surface area contributed by atoms with Gasteiger partial charge in [0.1, 0.15) is 0 Å². The monoisotopic (exact) mass is 266 g/mol. The van der Waals surface area contributed by atoms with E-state index in [1.807, 2.05) is 0 Å². The Morgan fingerprint density at radius 1 is 1.00 bits per heavy atom. The first-order valence-corrected chi connectivity index (χ1v) is 7.30. The number of hydrogen-bond donors (Lipinski definition) is 2. The lowest BCUT2D eigenvalue weighted by atomic mass is 9.97. The van der Waals surface area contributed by atoms with Crippen molar-refractivity contribution in [3.63, 3.8) is 0 Å². The second-order valence-corrected chi connectivity index (χ2v) is 4.76. The Bertz CT molecular complexity index is 380. The quantitative estimate of drug-likeness (QED) is 0.755. The molecule has 0 aromatic carbocycles. The highest BCUT2D eigenvalue weighted by Gasteiger charge is 2.15. The summed E-state index contributed by atoms with van der Waals surface area (Å²) in [5.41, 5.74) is 1.94. The molecule has 0 saturated heterocycles. The van der Waals surface area contributed by atoms with Gasteiger partial charge >= 0.3 is 0 Å². The first kappa shape index (κ1) is 15.8. The van der Waals surface area contributed by atoms with Crippen molar-refractivity contribution in [2.75, 3.05) is 11.9 Å². The van der Waals surface area contributed by atoms with Crippen LogP contribution in [0.15, 0.2) is 0 Å². The van der Waals surface area contributed by atoms with Gasteiger partial charge in [0.2, 0.25) is 5.95 Å². The van der Waals surface area contributed by atoms with E-state index in [9.17, 15) is 5.11 Å². The third-order valence-electron chi connectivity index (χ3n) is 3.57. The van der Waals surface area contributed by atoms with Crippen molar-refractivity contribution in [2.24, 2.45) is 5.92 Å². The van der Waals surface area contributed by atoms with Gasteiger partial charge in [0.15, 0.2) is 0 Å². The molecule has 0 amide bonds. The lowest BCUT2D eigenvalue weighted by molar-refractivity contribution is 0.114. The van der Waals surface area contributed by atoms with Crippen molar-refractivity contribution in [2.45, 2.75) is 59.5 Å². The van der Waals surface area contributed by atoms with Gasteiger partial charge in [-0.1, -0.05) is 40.5 Å². The molecule has 0 radical (unpaired) electrons. The number of rotatable bonds is 8. The Balaban J connectivity index is 2.62. The predicted molar refractivity (Wildman–Crippen MR) is 77.2 cm³/mol. The van der Waals surface area contributed by atoms with E-state index in [1.165, 1.54) is 0 Å². The SMILES string of the molecule is CCc1nnc(NCC(O)C(CC)CC)nc1CC. The number of nitrogens with zero attached hydrogens (tertiary/aromatic N) is 3. The second-order valence-electron chi connectivity index (χ2n) is 4.76. The lowest BCUT2D eigenvalue weighted by Gasteiger charge is -2.20. The first-order chi connectivity index (χ1) is 9.15. The standard InChI is InChI=1S/C14H26N4O/c1-5-10(6-2)13(19)9-15-14-16-11(7-3)12(8-4)17-18-14/h10,13,19H,5-9H2,1-4H3,(H,15,16,18). The highest BCUT2D eigenvalue weighted by atomic mass is 16.3. The molecule has 5 nitrogen and oxygen atoms in total. The fourth-order valence-corrected chi connectivity index (χ4v) is 2.21. The molecule has 108 valence electrons. The van der Waals surface area contributed by atoms with Crippen molar-refractivity contribution >= 4 is 5.95 Å². The Hall–Kier alpha value is -1.23. The number of aliphatic hydroxyl groups excluding tert-OH is 1. The molecule has 0 spiro atoms. The molecular formula is C14H26N4O. The van der Waals surface area contributed by atoms with Gasteiger partial charge < -0.3 is 10.4 Å². The van der Waals surface area contributed by atoms with Gasteiger partial charge in [0, 0.05) is 6.54 Å². The highest BCUT2D eigenvalue weighted by molar-refractivity contribution is 5.25. The summed E-state index contributed by atoms with van der Waals surface area (Å²) in [6, 6.07) is 0. The van der Waals surface area contributed by atoms with Crippen LogP contribution in [0.5, 0.6) is 0 Å². The van der Waals surface area contributed by atoms with Gasteiger partial charge in [-0.2, -0.15) is 5.10 Å². The van der Waals surface area contributed by atoms with Gasteiger partial charge in [-0.25, -0.2) is 4.98 Å². The normalized spacial score (nSPS) is 12.7. The molecule has 0 fully saturated rings. The maximum atomic E-state index is 10.1. The lowest BCUT2D eigenvalue weighted by Crippen LogP contribution is -2.28. The summed E-state index contributed by atoms with van der Waals surface area (Å²) in [7, 11) is 0. The molecule has 19 heavy (non-hydrogen) atoms. The summed E-state index contributed by atoms with van der Waals surface area (Å²) in [4.78, 5) is 4.45.